The first-order valence-electron chi connectivity index (χ1n) is 7.02. The van der Waals surface area contributed by atoms with Gasteiger partial charge in [-0.05, 0) is 53.6 Å². The lowest BCUT2D eigenvalue weighted by Crippen LogP contribution is -2.29. The number of benzene rings is 2. The third kappa shape index (κ3) is 3.03. The van der Waals surface area contributed by atoms with Gasteiger partial charge in [0.25, 0.3) is 0 Å². The first kappa shape index (κ1) is 14.0. The zero-order valence-electron chi connectivity index (χ0n) is 11.5. The van der Waals surface area contributed by atoms with Gasteiger partial charge < -0.3 is 10.4 Å². The molecule has 108 valence electrons. The van der Waals surface area contributed by atoms with E-state index in [0.717, 1.165) is 41.0 Å². The van der Waals surface area contributed by atoms with Crippen LogP contribution >= 0.6 is 11.6 Å². The van der Waals surface area contributed by atoms with E-state index in [1.54, 1.807) is 0 Å². The number of aryl methyl sites for hydroxylation is 1. The Bertz CT molecular complexity index is 667. The molecule has 1 unspecified atom stereocenters. The van der Waals surface area contributed by atoms with E-state index in [1.807, 2.05) is 36.4 Å². The fourth-order valence-corrected chi connectivity index (χ4v) is 3.06. The highest BCUT2D eigenvalue weighted by atomic mass is 35.5. The molecule has 3 nitrogen and oxygen atoms in total. The van der Waals surface area contributed by atoms with E-state index in [2.05, 4.69) is 11.4 Å². The third-order valence-corrected chi connectivity index (χ3v) is 4.18. The van der Waals surface area contributed by atoms with Gasteiger partial charge in [0.05, 0.1) is 6.04 Å². The summed E-state index contributed by atoms with van der Waals surface area (Å²) in [7, 11) is 0. The second-order valence-electron chi connectivity index (χ2n) is 5.31. The summed E-state index contributed by atoms with van der Waals surface area (Å²) in [5.41, 5.74) is 4.59. The minimum atomic E-state index is -0.963. The number of hydrogen-bond acceptors (Lipinski definition) is 1. The summed E-state index contributed by atoms with van der Waals surface area (Å²) in [6, 6.07) is 13.9. The first-order chi connectivity index (χ1) is 10.1. The standard InChI is InChI=1S/C17H16ClNO2/c18-14-7-4-11(5-8-14)12-6-9-15-13(10-12)2-1-3-16(15)19-17(20)21/h4-10,16,19H,1-3H2,(H,20,21). The predicted molar refractivity (Wildman–Crippen MR) is 83.7 cm³/mol. The van der Waals surface area contributed by atoms with Crippen molar-refractivity contribution in [2.45, 2.75) is 25.3 Å². The molecule has 2 aromatic rings. The molecule has 1 aliphatic carbocycles. The van der Waals surface area contributed by atoms with E-state index in [1.165, 1.54) is 5.56 Å². The van der Waals surface area contributed by atoms with Crippen LogP contribution in [-0.4, -0.2) is 11.2 Å². The summed E-state index contributed by atoms with van der Waals surface area (Å²) in [6.45, 7) is 0. The number of rotatable bonds is 2. The van der Waals surface area contributed by atoms with Crippen molar-refractivity contribution in [3.8, 4) is 11.1 Å². The lowest BCUT2D eigenvalue weighted by Gasteiger charge is -2.26. The molecule has 0 fully saturated rings. The maximum atomic E-state index is 10.9. The number of carbonyl (C=O) groups is 1. The van der Waals surface area contributed by atoms with Crippen molar-refractivity contribution in [2.75, 3.05) is 0 Å². The lowest BCUT2D eigenvalue weighted by molar-refractivity contribution is 0.188. The van der Waals surface area contributed by atoms with Crippen LogP contribution < -0.4 is 5.32 Å². The molecule has 0 saturated heterocycles. The number of carboxylic acid groups (broad SMARTS) is 1. The van der Waals surface area contributed by atoms with Crippen molar-refractivity contribution in [3.05, 3.63) is 58.6 Å². The van der Waals surface area contributed by atoms with Crippen LogP contribution in [0, 0.1) is 0 Å². The number of amides is 1. The average molecular weight is 302 g/mol. The van der Waals surface area contributed by atoms with Crippen LogP contribution in [0.3, 0.4) is 0 Å². The van der Waals surface area contributed by atoms with E-state index < -0.39 is 6.09 Å². The van der Waals surface area contributed by atoms with Gasteiger partial charge in [0.2, 0.25) is 0 Å². The van der Waals surface area contributed by atoms with E-state index in [0.29, 0.717) is 0 Å². The van der Waals surface area contributed by atoms with Crippen LogP contribution in [0.5, 0.6) is 0 Å². The molecule has 0 aliphatic heterocycles. The molecular weight excluding hydrogens is 286 g/mol. The maximum Gasteiger partial charge on any atom is 0.405 e. The highest BCUT2D eigenvalue weighted by Crippen LogP contribution is 2.33. The van der Waals surface area contributed by atoms with Crippen LogP contribution in [0.1, 0.15) is 30.0 Å². The van der Waals surface area contributed by atoms with Crippen LogP contribution in [0.15, 0.2) is 42.5 Å². The average Bonchev–Trinajstić information content (AvgIpc) is 2.47. The Morgan fingerprint density at radius 1 is 1.14 bits per heavy atom. The van der Waals surface area contributed by atoms with E-state index >= 15 is 0 Å². The van der Waals surface area contributed by atoms with E-state index in [9.17, 15) is 4.79 Å². The van der Waals surface area contributed by atoms with Gasteiger partial charge in [-0.2, -0.15) is 0 Å². The summed E-state index contributed by atoms with van der Waals surface area (Å²) >= 11 is 5.92. The van der Waals surface area contributed by atoms with Crippen LogP contribution in [0.4, 0.5) is 4.79 Å². The molecule has 3 rings (SSSR count). The Kier molecular flexibility index (Phi) is 3.84. The van der Waals surface area contributed by atoms with Gasteiger partial charge >= 0.3 is 6.09 Å². The fourth-order valence-electron chi connectivity index (χ4n) is 2.94. The number of hydrogen-bond donors (Lipinski definition) is 2. The molecule has 0 bridgehead atoms. The monoisotopic (exact) mass is 301 g/mol. The van der Waals surface area contributed by atoms with Crippen LogP contribution in [-0.2, 0) is 6.42 Å². The van der Waals surface area contributed by atoms with Crippen LogP contribution in [0.2, 0.25) is 5.02 Å². The SMILES string of the molecule is O=C(O)NC1CCCc2cc(-c3ccc(Cl)cc3)ccc21. The van der Waals surface area contributed by atoms with Gasteiger partial charge in [-0.15, -0.1) is 0 Å². The summed E-state index contributed by atoms with van der Waals surface area (Å²) in [4.78, 5) is 10.9. The molecule has 0 saturated carbocycles. The number of fused-ring (bicyclic) bond motifs is 1. The van der Waals surface area contributed by atoms with Crippen molar-refractivity contribution in [3.63, 3.8) is 0 Å². The molecule has 2 aromatic carbocycles. The highest BCUT2D eigenvalue weighted by Gasteiger charge is 2.21. The minimum absolute atomic E-state index is 0.0921. The van der Waals surface area contributed by atoms with Gasteiger partial charge in [0.1, 0.15) is 0 Å². The van der Waals surface area contributed by atoms with Gasteiger partial charge in [0, 0.05) is 5.02 Å². The largest absolute Gasteiger partial charge is 0.465 e. The van der Waals surface area contributed by atoms with E-state index in [-0.39, 0.29) is 6.04 Å². The van der Waals surface area contributed by atoms with Crippen molar-refractivity contribution in [1.29, 1.82) is 0 Å². The molecule has 0 radical (unpaired) electrons. The Morgan fingerprint density at radius 3 is 2.57 bits per heavy atom. The molecule has 1 amide bonds. The normalized spacial score (nSPS) is 17.1. The minimum Gasteiger partial charge on any atom is -0.465 e. The maximum absolute atomic E-state index is 10.9. The van der Waals surface area contributed by atoms with E-state index in [4.69, 9.17) is 16.7 Å². The summed E-state index contributed by atoms with van der Waals surface area (Å²) in [5, 5.41) is 12.3. The number of nitrogens with one attached hydrogen (secondary N) is 1. The lowest BCUT2D eigenvalue weighted by atomic mass is 9.86. The van der Waals surface area contributed by atoms with Crippen molar-refractivity contribution in [2.24, 2.45) is 0 Å². The Morgan fingerprint density at radius 2 is 1.86 bits per heavy atom. The Labute approximate surface area is 128 Å². The smallest absolute Gasteiger partial charge is 0.405 e. The summed E-state index contributed by atoms with van der Waals surface area (Å²) in [5.74, 6) is 0. The molecule has 0 spiro atoms. The molecule has 21 heavy (non-hydrogen) atoms. The van der Waals surface area contributed by atoms with Gasteiger partial charge in [0.15, 0.2) is 0 Å². The number of halogens is 1. The van der Waals surface area contributed by atoms with Crippen molar-refractivity contribution >= 4 is 17.7 Å². The summed E-state index contributed by atoms with van der Waals surface area (Å²) < 4.78 is 0. The molecule has 1 atom stereocenters. The third-order valence-electron chi connectivity index (χ3n) is 3.93. The Balaban J connectivity index is 1.94. The molecule has 1 aliphatic rings. The molecule has 2 N–H and O–H groups in total. The molecule has 0 heterocycles. The molecule has 4 heteroatoms. The topological polar surface area (TPSA) is 49.3 Å². The summed E-state index contributed by atoms with van der Waals surface area (Å²) in [6.07, 6.45) is 1.89. The zero-order chi connectivity index (χ0) is 14.8. The Hall–Kier alpha value is -2.00. The molecule has 0 aromatic heterocycles. The highest BCUT2D eigenvalue weighted by molar-refractivity contribution is 6.30. The molecular formula is C17H16ClNO2. The van der Waals surface area contributed by atoms with Gasteiger partial charge in [-0.1, -0.05) is 41.9 Å². The van der Waals surface area contributed by atoms with Gasteiger partial charge in [-0.3, -0.25) is 0 Å². The fraction of sp³-hybridized carbons (Fsp3) is 0.235. The predicted octanol–water partition coefficient (Wildman–Crippen LogP) is 4.65. The first-order valence-corrected chi connectivity index (χ1v) is 7.39. The van der Waals surface area contributed by atoms with Crippen molar-refractivity contribution < 1.29 is 9.90 Å². The quantitative estimate of drug-likeness (QED) is 0.848. The second-order valence-corrected chi connectivity index (χ2v) is 5.75. The second kappa shape index (κ2) is 5.78. The van der Waals surface area contributed by atoms with Crippen molar-refractivity contribution in [1.82, 2.24) is 5.32 Å². The van der Waals surface area contributed by atoms with Crippen LogP contribution in [0.25, 0.3) is 11.1 Å². The zero-order valence-corrected chi connectivity index (χ0v) is 12.2. The van der Waals surface area contributed by atoms with Gasteiger partial charge in [-0.25, -0.2) is 4.79 Å².